The molecule has 0 radical (unpaired) electrons. The van der Waals surface area contributed by atoms with Crippen molar-refractivity contribution in [2.24, 2.45) is 0 Å². The Morgan fingerprint density at radius 1 is 1.07 bits per heavy atom. The molecule has 0 aliphatic carbocycles. The number of nitriles is 1. The molecule has 0 amide bonds. The fraction of sp³-hybridized carbons (Fsp3) is 0. The lowest BCUT2D eigenvalue weighted by Gasteiger charge is -1.98. The van der Waals surface area contributed by atoms with E-state index < -0.39 is 0 Å². The van der Waals surface area contributed by atoms with Crippen LogP contribution in [0, 0.1) is 11.3 Å². The van der Waals surface area contributed by atoms with Gasteiger partial charge >= 0.3 is 0 Å². The lowest BCUT2D eigenvalue weighted by atomic mass is 10.2. The Labute approximate surface area is 81.7 Å². The Hall–Kier alpha value is -2.21. The third kappa shape index (κ3) is 1.59. The molecule has 0 aliphatic heterocycles. The van der Waals surface area contributed by atoms with Gasteiger partial charge in [-0.25, -0.2) is 4.98 Å². The van der Waals surface area contributed by atoms with Gasteiger partial charge in [-0.05, 0) is 24.3 Å². The van der Waals surface area contributed by atoms with Crippen LogP contribution in [0.15, 0.2) is 42.7 Å². The maximum Gasteiger partial charge on any atom is 0.140 e. The van der Waals surface area contributed by atoms with E-state index in [1.54, 1.807) is 18.5 Å². The van der Waals surface area contributed by atoms with E-state index in [2.05, 4.69) is 9.97 Å². The second kappa shape index (κ2) is 3.67. The van der Waals surface area contributed by atoms with Crippen LogP contribution in [0.1, 0.15) is 5.69 Å². The summed E-state index contributed by atoms with van der Waals surface area (Å²) in [6.07, 6.45) is 3.38. The second-order valence-electron chi connectivity index (χ2n) is 2.76. The molecule has 0 atom stereocenters. The number of rotatable bonds is 1. The molecule has 0 aromatic carbocycles. The summed E-state index contributed by atoms with van der Waals surface area (Å²) in [7, 11) is 0. The Bertz CT molecular complexity index is 454. The molecule has 0 spiro atoms. The van der Waals surface area contributed by atoms with Crippen LogP contribution in [0.3, 0.4) is 0 Å². The van der Waals surface area contributed by atoms with Gasteiger partial charge in [0.05, 0.1) is 5.69 Å². The monoisotopic (exact) mass is 181 g/mol. The highest BCUT2D eigenvalue weighted by atomic mass is 14.7. The average Bonchev–Trinajstić information content (AvgIpc) is 2.30. The van der Waals surface area contributed by atoms with Gasteiger partial charge < -0.3 is 0 Å². The molecule has 2 heterocycles. The first-order valence-electron chi connectivity index (χ1n) is 4.18. The molecule has 0 bridgehead atoms. The van der Waals surface area contributed by atoms with E-state index in [1.807, 2.05) is 30.3 Å². The summed E-state index contributed by atoms with van der Waals surface area (Å²) in [6, 6.07) is 11.2. The van der Waals surface area contributed by atoms with Gasteiger partial charge in [-0.15, -0.1) is 0 Å². The van der Waals surface area contributed by atoms with Gasteiger partial charge in [-0.1, -0.05) is 6.07 Å². The SMILES string of the molecule is N#Cc1ccc(-c2ccccn2)cn1. The van der Waals surface area contributed by atoms with Gasteiger partial charge in [0, 0.05) is 18.0 Å². The minimum atomic E-state index is 0.421. The lowest BCUT2D eigenvalue weighted by molar-refractivity contribution is 1.24. The van der Waals surface area contributed by atoms with E-state index in [9.17, 15) is 0 Å². The topological polar surface area (TPSA) is 49.6 Å². The Morgan fingerprint density at radius 2 is 2.00 bits per heavy atom. The van der Waals surface area contributed by atoms with Crippen LogP contribution in [0.5, 0.6) is 0 Å². The molecule has 0 aliphatic rings. The van der Waals surface area contributed by atoms with Gasteiger partial charge in [0.1, 0.15) is 11.8 Å². The molecule has 2 aromatic heterocycles. The molecule has 0 unspecified atom stereocenters. The first-order chi connectivity index (χ1) is 6.90. The van der Waals surface area contributed by atoms with Crippen molar-refractivity contribution >= 4 is 0 Å². The minimum Gasteiger partial charge on any atom is -0.256 e. The number of pyridine rings is 2. The molecule has 0 saturated carbocycles. The zero-order valence-electron chi connectivity index (χ0n) is 7.38. The van der Waals surface area contributed by atoms with Crippen molar-refractivity contribution < 1.29 is 0 Å². The number of hydrogen-bond acceptors (Lipinski definition) is 3. The van der Waals surface area contributed by atoms with Crippen molar-refractivity contribution in [3.8, 4) is 17.3 Å². The standard InChI is InChI=1S/C11H7N3/c12-7-10-5-4-9(8-14-10)11-3-1-2-6-13-11/h1-6,8H. The smallest absolute Gasteiger partial charge is 0.140 e. The van der Waals surface area contributed by atoms with Gasteiger partial charge in [-0.3, -0.25) is 4.98 Å². The van der Waals surface area contributed by atoms with Gasteiger partial charge in [0.2, 0.25) is 0 Å². The van der Waals surface area contributed by atoms with Crippen molar-refractivity contribution in [3.63, 3.8) is 0 Å². The molecule has 0 saturated heterocycles. The minimum absolute atomic E-state index is 0.421. The van der Waals surface area contributed by atoms with Crippen LogP contribution in [0.4, 0.5) is 0 Å². The summed E-state index contributed by atoms with van der Waals surface area (Å²) in [5, 5.41) is 8.57. The maximum atomic E-state index is 8.57. The van der Waals surface area contributed by atoms with E-state index in [4.69, 9.17) is 5.26 Å². The summed E-state index contributed by atoms with van der Waals surface area (Å²) >= 11 is 0. The lowest BCUT2D eigenvalue weighted by Crippen LogP contribution is -1.85. The maximum absolute atomic E-state index is 8.57. The highest BCUT2D eigenvalue weighted by Gasteiger charge is 1.98. The highest BCUT2D eigenvalue weighted by molar-refractivity contribution is 5.57. The van der Waals surface area contributed by atoms with Crippen LogP contribution >= 0.6 is 0 Å². The molecule has 14 heavy (non-hydrogen) atoms. The fourth-order valence-electron chi connectivity index (χ4n) is 1.15. The molecule has 0 N–H and O–H groups in total. The predicted molar refractivity (Wildman–Crippen MR) is 52.2 cm³/mol. The number of nitrogens with zero attached hydrogens (tertiary/aromatic N) is 3. The van der Waals surface area contributed by atoms with Crippen LogP contribution in [-0.2, 0) is 0 Å². The molecule has 2 rings (SSSR count). The summed E-state index contributed by atoms with van der Waals surface area (Å²) in [4.78, 5) is 8.15. The molecule has 3 nitrogen and oxygen atoms in total. The molecular weight excluding hydrogens is 174 g/mol. The molecule has 2 aromatic rings. The summed E-state index contributed by atoms with van der Waals surface area (Å²) < 4.78 is 0. The molecule has 66 valence electrons. The van der Waals surface area contributed by atoms with Crippen LogP contribution < -0.4 is 0 Å². The van der Waals surface area contributed by atoms with Gasteiger partial charge in [-0.2, -0.15) is 5.26 Å². The predicted octanol–water partition coefficient (Wildman–Crippen LogP) is 2.02. The normalized spacial score (nSPS) is 9.36. The van der Waals surface area contributed by atoms with E-state index in [1.165, 1.54) is 0 Å². The van der Waals surface area contributed by atoms with E-state index in [0.717, 1.165) is 11.3 Å². The fourth-order valence-corrected chi connectivity index (χ4v) is 1.15. The zero-order chi connectivity index (χ0) is 9.80. The van der Waals surface area contributed by atoms with Crippen molar-refractivity contribution in [1.82, 2.24) is 9.97 Å². The van der Waals surface area contributed by atoms with Crippen molar-refractivity contribution in [2.75, 3.05) is 0 Å². The van der Waals surface area contributed by atoms with E-state index >= 15 is 0 Å². The Balaban J connectivity index is 2.40. The number of aromatic nitrogens is 2. The van der Waals surface area contributed by atoms with Crippen LogP contribution in [0.2, 0.25) is 0 Å². The second-order valence-corrected chi connectivity index (χ2v) is 2.76. The molecule has 3 heteroatoms. The summed E-state index contributed by atoms with van der Waals surface area (Å²) in [5.41, 5.74) is 2.21. The molecular formula is C11H7N3. The van der Waals surface area contributed by atoms with Crippen LogP contribution in [0.25, 0.3) is 11.3 Å². The van der Waals surface area contributed by atoms with Crippen molar-refractivity contribution in [2.45, 2.75) is 0 Å². The molecule has 0 fully saturated rings. The Kier molecular flexibility index (Phi) is 2.20. The summed E-state index contributed by atoms with van der Waals surface area (Å²) in [5.74, 6) is 0. The van der Waals surface area contributed by atoms with Crippen molar-refractivity contribution in [1.29, 1.82) is 5.26 Å². The largest absolute Gasteiger partial charge is 0.256 e. The summed E-state index contributed by atoms with van der Waals surface area (Å²) in [6.45, 7) is 0. The van der Waals surface area contributed by atoms with Crippen molar-refractivity contribution in [3.05, 3.63) is 48.4 Å². The Morgan fingerprint density at radius 3 is 2.57 bits per heavy atom. The first-order valence-corrected chi connectivity index (χ1v) is 4.18. The third-order valence-corrected chi connectivity index (χ3v) is 1.84. The quantitative estimate of drug-likeness (QED) is 0.676. The van der Waals surface area contributed by atoms with Crippen LogP contribution in [-0.4, -0.2) is 9.97 Å². The van der Waals surface area contributed by atoms with Gasteiger partial charge in [0.15, 0.2) is 0 Å². The average molecular weight is 181 g/mol. The number of hydrogen-bond donors (Lipinski definition) is 0. The highest BCUT2D eigenvalue weighted by Crippen LogP contribution is 2.14. The third-order valence-electron chi connectivity index (χ3n) is 1.84. The van der Waals surface area contributed by atoms with E-state index in [-0.39, 0.29) is 0 Å². The zero-order valence-corrected chi connectivity index (χ0v) is 7.38. The first kappa shape index (κ1) is 8.39. The van der Waals surface area contributed by atoms with Gasteiger partial charge in [0.25, 0.3) is 0 Å². The van der Waals surface area contributed by atoms with E-state index in [0.29, 0.717) is 5.69 Å².